The van der Waals surface area contributed by atoms with Crippen molar-refractivity contribution in [3.8, 4) is 6.01 Å². The largest absolute Gasteiger partial charge is 0.467 e. The average molecular weight is 197 g/mol. The Labute approximate surface area is 83.1 Å². The molecular weight excluding hydrogens is 182 g/mol. The first kappa shape index (κ1) is 10.5. The van der Waals surface area contributed by atoms with E-state index < -0.39 is 0 Å². The second-order valence-corrected chi connectivity index (χ2v) is 2.65. The Bertz CT molecular complexity index is 300. The van der Waals surface area contributed by atoms with Gasteiger partial charge in [0.25, 0.3) is 0 Å². The van der Waals surface area contributed by atoms with Crippen LogP contribution in [0.2, 0.25) is 0 Å². The fraction of sp³-hybridized carbons (Fsp3) is 0.625. The van der Waals surface area contributed by atoms with Gasteiger partial charge in [-0.2, -0.15) is 15.0 Å². The number of ether oxygens (including phenoxy) is 1. The van der Waals surface area contributed by atoms with Crippen molar-refractivity contribution < 1.29 is 4.74 Å². The molecule has 0 unspecified atom stereocenters. The Morgan fingerprint density at radius 3 is 2.36 bits per heavy atom. The predicted molar refractivity (Wildman–Crippen MR) is 54.4 cm³/mol. The van der Waals surface area contributed by atoms with Crippen molar-refractivity contribution in [1.82, 2.24) is 15.0 Å². The maximum absolute atomic E-state index is 5.51. The molecule has 1 aromatic heterocycles. The molecule has 0 bridgehead atoms. The zero-order valence-electron chi connectivity index (χ0n) is 8.69. The van der Waals surface area contributed by atoms with Crippen LogP contribution in [-0.2, 0) is 0 Å². The second-order valence-electron chi connectivity index (χ2n) is 2.65. The topological polar surface area (TPSA) is 77.2 Å². The van der Waals surface area contributed by atoms with E-state index in [0.29, 0.717) is 5.95 Å². The van der Waals surface area contributed by atoms with Gasteiger partial charge in [0.05, 0.1) is 7.11 Å². The number of nitrogens with two attached hydrogens (primary N) is 1. The minimum atomic E-state index is 0.179. The molecule has 0 spiro atoms. The van der Waals surface area contributed by atoms with E-state index in [2.05, 4.69) is 15.0 Å². The summed E-state index contributed by atoms with van der Waals surface area (Å²) in [5, 5.41) is 0. The van der Waals surface area contributed by atoms with Crippen LogP contribution in [0.5, 0.6) is 6.01 Å². The first-order chi connectivity index (χ1) is 6.71. The smallest absolute Gasteiger partial charge is 0.322 e. The van der Waals surface area contributed by atoms with Gasteiger partial charge in [0.2, 0.25) is 11.9 Å². The molecule has 2 N–H and O–H groups in total. The molecule has 1 aromatic rings. The molecule has 0 radical (unpaired) electrons. The van der Waals surface area contributed by atoms with Crippen molar-refractivity contribution in [2.24, 2.45) is 0 Å². The zero-order valence-corrected chi connectivity index (χ0v) is 8.69. The Kier molecular flexibility index (Phi) is 3.44. The molecule has 1 rings (SSSR count). The first-order valence-electron chi connectivity index (χ1n) is 4.51. The number of hydrogen-bond donors (Lipinski definition) is 1. The average Bonchev–Trinajstić information content (AvgIpc) is 2.19. The van der Waals surface area contributed by atoms with Crippen LogP contribution in [0.15, 0.2) is 0 Å². The molecule has 0 aliphatic heterocycles. The van der Waals surface area contributed by atoms with Crippen molar-refractivity contribution in [2.45, 2.75) is 13.8 Å². The van der Waals surface area contributed by atoms with Gasteiger partial charge in [-0.05, 0) is 13.8 Å². The lowest BCUT2D eigenvalue weighted by atomic mass is 10.5. The number of methoxy groups -OCH3 is 1. The van der Waals surface area contributed by atoms with Crippen molar-refractivity contribution in [3.05, 3.63) is 0 Å². The summed E-state index contributed by atoms with van der Waals surface area (Å²) in [4.78, 5) is 13.9. The summed E-state index contributed by atoms with van der Waals surface area (Å²) in [6.45, 7) is 5.69. The van der Waals surface area contributed by atoms with Crippen LogP contribution in [0.1, 0.15) is 13.8 Å². The highest BCUT2D eigenvalue weighted by atomic mass is 16.5. The molecule has 0 fully saturated rings. The molecule has 6 nitrogen and oxygen atoms in total. The molecule has 1 heterocycles. The molecule has 6 heteroatoms. The lowest BCUT2D eigenvalue weighted by Gasteiger charge is -2.18. The summed E-state index contributed by atoms with van der Waals surface area (Å²) >= 11 is 0. The van der Waals surface area contributed by atoms with E-state index in [9.17, 15) is 0 Å². The van der Waals surface area contributed by atoms with Gasteiger partial charge < -0.3 is 15.4 Å². The minimum Gasteiger partial charge on any atom is -0.467 e. The number of aromatic nitrogens is 3. The predicted octanol–water partition coefficient (Wildman–Crippen LogP) is 0.309. The highest BCUT2D eigenvalue weighted by Crippen LogP contribution is 2.12. The molecule has 0 atom stereocenters. The summed E-state index contributed by atoms with van der Waals surface area (Å²) in [7, 11) is 1.50. The lowest BCUT2D eigenvalue weighted by Crippen LogP contribution is -2.25. The Balaban J connectivity index is 3.01. The van der Waals surface area contributed by atoms with Crippen LogP contribution in [-0.4, -0.2) is 35.2 Å². The van der Waals surface area contributed by atoms with Crippen LogP contribution in [0.25, 0.3) is 0 Å². The van der Waals surface area contributed by atoms with Gasteiger partial charge in [-0.1, -0.05) is 0 Å². The van der Waals surface area contributed by atoms with Gasteiger partial charge >= 0.3 is 6.01 Å². The molecule has 78 valence electrons. The third-order valence-electron chi connectivity index (χ3n) is 1.85. The van der Waals surface area contributed by atoms with Gasteiger partial charge in [-0.3, -0.25) is 0 Å². The van der Waals surface area contributed by atoms with E-state index in [1.54, 1.807) is 0 Å². The third kappa shape index (κ3) is 2.21. The maximum Gasteiger partial charge on any atom is 0.322 e. The van der Waals surface area contributed by atoms with Crippen molar-refractivity contribution in [3.63, 3.8) is 0 Å². The molecule has 0 saturated heterocycles. The number of nitrogens with zero attached hydrogens (tertiary/aromatic N) is 4. The van der Waals surface area contributed by atoms with Crippen LogP contribution in [0.3, 0.4) is 0 Å². The maximum atomic E-state index is 5.51. The summed E-state index contributed by atoms with van der Waals surface area (Å²) in [6.07, 6.45) is 0. The van der Waals surface area contributed by atoms with E-state index >= 15 is 0 Å². The van der Waals surface area contributed by atoms with Crippen LogP contribution in [0.4, 0.5) is 11.9 Å². The van der Waals surface area contributed by atoms with Gasteiger partial charge in [0.15, 0.2) is 0 Å². The fourth-order valence-corrected chi connectivity index (χ4v) is 1.10. The van der Waals surface area contributed by atoms with Crippen LogP contribution >= 0.6 is 0 Å². The molecule has 0 saturated carbocycles. The van der Waals surface area contributed by atoms with Crippen molar-refractivity contribution in [2.75, 3.05) is 30.8 Å². The number of nitrogen functional groups attached to an aromatic ring is 1. The number of hydrogen-bond acceptors (Lipinski definition) is 6. The second kappa shape index (κ2) is 4.59. The lowest BCUT2D eigenvalue weighted by molar-refractivity contribution is 0.379. The molecule has 14 heavy (non-hydrogen) atoms. The zero-order chi connectivity index (χ0) is 10.6. The minimum absolute atomic E-state index is 0.179. The van der Waals surface area contributed by atoms with Crippen molar-refractivity contribution >= 4 is 11.9 Å². The van der Waals surface area contributed by atoms with Crippen molar-refractivity contribution in [1.29, 1.82) is 0 Å². The number of anilines is 2. The first-order valence-corrected chi connectivity index (χ1v) is 4.51. The Morgan fingerprint density at radius 2 is 1.86 bits per heavy atom. The van der Waals surface area contributed by atoms with E-state index in [-0.39, 0.29) is 12.0 Å². The summed E-state index contributed by atoms with van der Waals surface area (Å²) in [5.74, 6) is 0.734. The highest BCUT2D eigenvalue weighted by molar-refractivity contribution is 5.35. The highest BCUT2D eigenvalue weighted by Gasteiger charge is 2.09. The third-order valence-corrected chi connectivity index (χ3v) is 1.85. The van der Waals surface area contributed by atoms with Gasteiger partial charge in [0.1, 0.15) is 0 Å². The standard InChI is InChI=1S/C8H15N5O/c1-4-13(5-2)7-10-6(9)11-8(12-7)14-3/h4-5H2,1-3H3,(H2,9,10,11,12). The Morgan fingerprint density at radius 1 is 1.21 bits per heavy atom. The summed E-state index contributed by atoms with van der Waals surface area (Å²) in [6, 6.07) is 0.249. The number of rotatable bonds is 4. The van der Waals surface area contributed by atoms with Crippen LogP contribution < -0.4 is 15.4 Å². The SMILES string of the molecule is CCN(CC)c1nc(N)nc(OC)n1. The van der Waals surface area contributed by atoms with E-state index in [4.69, 9.17) is 10.5 Å². The Hall–Kier alpha value is -1.59. The van der Waals surface area contributed by atoms with Gasteiger partial charge in [-0.15, -0.1) is 0 Å². The van der Waals surface area contributed by atoms with E-state index in [0.717, 1.165) is 13.1 Å². The van der Waals surface area contributed by atoms with E-state index in [1.807, 2.05) is 18.7 Å². The molecule has 0 amide bonds. The molecule has 0 aromatic carbocycles. The van der Waals surface area contributed by atoms with Gasteiger partial charge in [-0.25, -0.2) is 0 Å². The molecule has 0 aliphatic carbocycles. The quantitative estimate of drug-likeness (QED) is 0.748. The normalized spacial score (nSPS) is 9.93. The van der Waals surface area contributed by atoms with E-state index in [1.165, 1.54) is 7.11 Å². The summed E-state index contributed by atoms with van der Waals surface area (Å²) < 4.78 is 4.91. The molecule has 0 aliphatic rings. The fourth-order valence-electron chi connectivity index (χ4n) is 1.10. The monoisotopic (exact) mass is 197 g/mol. The summed E-state index contributed by atoms with van der Waals surface area (Å²) in [5.41, 5.74) is 5.51. The molecular formula is C8H15N5O. The van der Waals surface area contributed by atoms with Gasteiger partial charge in [0, 0.05) is 13.1 Å². The van der Waals surface area contributed by atoms with Crippen LogP contribution in [0, 0.1) is 0 Å².